The van der Waals surface area contributed by atoms with Crippen molar-refractivity contribution in [3.05, 3.63) is 36.5 Å². The maximum absolute atomic E-state index is 12.5. The fourth-order valence-electron chi connectivity index (χ4n) is 3.95. The number of nitrogens with zero attached hydrogens (tertiary/aromatic N) is 5. The van der Waals surface area contributed by atoms with Crippen molar-refractivity contribution in [3.8, 4) is 0 Å². The molecule has 3 atom stereocenters. The number of rotatable bonds is 4. The highest BCUT2D eigenvalue weighted by molar-refractivity contribution is 5.76. The number of aromatic nitrogens is 4. The van der Waals surface area contributed by atoms with Crippen LogP contribution in [0.25, 0.3) is 0 Å². The second-order valence-electron chi connectivity index (χ2n) is 6.85. The molecule has 2 aromatic heterocycles. The third kappa shape index (κ3) is 2.98. The van der Waals surface area contributed by atoms with Gasteiger partial charge in [-0.05, 0) is 37.8 Å². The Labute approximate surface area is 141 Å². The van der Waals surface area contributed by atoms with E-state index in [1.165, 1.54) is 0 Å². The monoisotopic (exact) mass is 326 g/mol. The van der Waals surface area contributed by atoms with E-state index in [1.807, 2.05) is 34.7 Å². The number of fused-ring (bicyclic) bond motifs is 1. The quantitative estimate of drug-likeness (QED) is 0.917. The molecule has 1 aliphatic heterocycles. The van der Waals surface area contributed by atoms with Gasteiger partial charge in [0, 0.05) is 37.4 Å². The molecule has 1 saturated heterocycles. The van der Waals surface area contributed by atoms with Gasteiger partial charge in [0.1, 0.15) is 12.4 Å². The first-order valence-electron chi connectivity index (χ1n) is 8.49. The minimum Gasteiger partial charge on any atom is -0.365 e. The van der Waals surface area contributed by atoms with Crippen LogP contribution in [0.1, 0.15) is 18.5 Å². The van der Waals surface area contributed by atoms with Crippen LogP contribution in [0.5, 0.6) is 0 Å². The van der Waals surface area contributed by atoms with Crippen molar-refractivity contribution in [1.82, 2.24) is 24.6 Å². The molecule has 0 bridgehead atoms. The average Bonchev–Trinajstić information content (AvgIpc) is 3.28. The molecule has 2 aliphatic rings. The van der Waals surface area contributed by atoms with Crippen LogP contribution in [0.3, 0.4) is 0 Å². The first-order valence-corrected chi connectivity index (χ1v) is 8.49. The fourth-order valence-corrected chi connectivity index (χ4v) is 3.95. The number of hydrogen-bond acceptors (Lipinski definition) is 5. The van der Waals surface area contributed by atoms with Crippen LogP contribution in [0.4, 0.5) is 5.82 Å². The van der Waals surface area contributed by atoms with Gasteiger partial charge < -0.3 is 14.8 Å². The van der Waals surface area contributed by atoms with E-state index < -0.39 is 0 Å². The van der Waals surface area contributed by atoms with Gasteiger partial charge in [-0.15, -0.1) is 5.10 Å². The zero-order valence-electron chi connectivity index (χ0n) is 13.8. The Balaban J connectivity index is 1.37. The van der Waals surface area contributed by atoms with Crippen LogP contribution in [-0.4, -0.2) is 49.7 Å². The highest BCUT2D eigenvalue weighted by Gasteiger charge is 2.44. The Morgan fingerprint density at radius 3 is 2.96 bits per heavy atom. The van der Waals surface area contributed by atoms with E-state index in [4.69, 9.17) is 0 Å². The van der Waals surface area contributed by atoms with Gasteiger partial charge >= 0.3 is 0 Å². The van der Waals surface area contributed by atoms with E-state index in [0.29, 0.717) is 24.4 Å². The van der Waals surface area contributed by atoms with Gasteiger partial charge in [-0.2, -0.15) is 5.10 Å². The Kier molecular flexibility index (Phi) is 3.92. The Morgan fingerprint density at radius 2 is 2.21 bits per heavy atom. The number of nitrogens with one attached hydrogen (secondary N) is 1. The predicted octanol–water partition coefficient (Wildman–Crippen LogP) is 1.33. The zero-order valence-corrected chi connectivity index (χ0v) is 13.8. The van der Waals surface area contributed by atoms with Gasteiger partial charge in [-0.1, -0.05) is 0 Å². The normalized spacial score (nSPS) is 25.7. The number of carbonyl (C=O) groups is 1. The summed E-state index contributed by atoms with van der Waals surface area (Å²) in [5.41, 5.74) is 0.919. The molecule has 3 heterocycles. The van der Waals surface area contributed by atoms with Crippen molar-refractivity contribution in [2.75, 3.05) is 18.4 Å². The lowest BCUT2D eigenvalue weighted by Crippen LogP contribution is -2.35. The lowest BCUT2D eigenvalue weighted by molar-refractivity contribution is -0.131. The molecule has 1 aliphatic carbocycles. The van der Waals surface area contributed by atoms with Crippen molar-refractivity contribution in [1.29, 1.82) is 0 Å². The van der Waals surface area contributed by atoms with Crippen LogP contribution in [0.15, 0.2) is 30.9 Å². The summed E-state index contributed by atoms with van der Waals surface area (Å²) in [6.07, 6.45) is 7.52. The minimum absolute atomic E-state index is 0.177. The van der Waals surface area contributed by atoms with Crippen molar-refractivity contribution in [3.63, 3.8) is 0 Å². The molecule has 0 unspecified atom stereocenters. The summed E-state index contributed by atoms with van der Waals surface area (Å²) in [6, 6.07) is 4.32. The average molecular weight is 326 g/mol. The Hall–Kier alpha value is -2.44. The van der Waals surface area contributed by atoms with Crippen LogP contribution in [-0.2, 0) is 11.3 Å². The molecule has 1 saturated carbocycles. The molecule has 2 fully saturated rings. The highest BCUT2D eigenvalue weighted by Crippen LogP contribution is 2.39. The van der Waals surface area contributed by atoms with E-state index in [2.05, 4.69) is 20.5 Å². The van der Waals surface area contributed by atoms with Crippen LogP contribution in [0.2, 0.25) is 0 Å². The smallest absolute Gasteiger partial charge is 0.242 e. The van der Waals surface area contributed by atoms with Gasteiger partial charge in [0.25, 0.3) is 0 Å². The third-order valence-corrected chi connectivity index (χ3v) is 5.22. The summed E-state index contributed by atoms with van der Waals surface area (Å²) >= 11 is 0. The number of aryl methyl sites for hydroxylation is 1. The number of anilines is 1. The molecule has 0 radical (unpaired) electrons. The van der Waals surface area contributed by atoms with Crippen molar-refractivity contribution in [2.45, 2.75) is 32.4 Å². The second kappa shape index (κ2) is 6.22. The SMILES string of the molecule is Cc1ccc(N[C@@H]2CC[C@@H]3CN(C(=O)Cn4ccnc4)C[C@@H]32)nn1. The Bertz CT molecular complexity index is 698. The van der Waals surface area contributed by atoms with Gasteiger partial charge in [-0.3, -0.25) is 4.79 Å². The number of likely N-dealkylation sites (tertiary alicyclic amines) is 1. The van der Waals surface area contributed by atoms with Gasteiger partial charge in [0.2, 0.25) is 5.91 Å². The molecular weight excluding hydrogens is 304 g/mol. The third-order valence-electron chi connectivity index (χ3n) is 5.22. The molecule has 0 spiro atoms. The largest absolute Gasteiger partial charge is 0.365 e. The predicted molar refractivity (Wildman–Crippen MR) is 89.2 cm³/mol. The van der Waals surface area contributed by atoms with E-state index >= 15 is 0 Å². The van der Waals surface area contributed by atoms with E-state index in [1.54, 1.807) is 12.5 Å². The molecule has 7 heteroatoms. The minimum atomic E-state index is 0.177. The molecule has 24 heavy (non-hydrogen) atoms. The Morgan fingerprint density at radius 1 is 1.29 bits per heavy atom. The molecule has 4 rings (SSSR count). The second-order valence-corrected chi connectivity index (χ2v) is 6.85. The summed E-state index contributed by atoms with van der Waals surface area (Å²) in [4.78, 5) is 18.5. The maximum Gasteiger partial charge on any atom is 0.242 e. The topological polar surface area (TPSA) is 75.9 Å². The van der Waals surface area contributed by atoms with E-state index in [-0.39, 0.29) is 5.91 Å². The number of hydrogen-bond donors (Lipinski definition) is 1. The summed E-state index contributed by atoms with van der Waals surface area (Å²) < 4.78 is 1.83. The highest BCUT2D eigenvalue weighted by atomic mass is 16.2. The fraction of sp³-hybridized carbons (Fsp3) is 0.529. The summed E-state index contributed by atoms with van der Waals surface area (Å²) in [5.74, 6) is 2.10. The lowest BCUT2D eigenvalue weighted by Gasteiger charge is -2.22. The van der Waals surface area contributed by atoms with Crippen LogP contribution < -0.4 is 5.32 Å². The first-order chi connectivity index (χ1) is 11.7. The van der Waals surface area contributed by atoms with Gasteiger partial charge in [-0.25, -0.2) is 4.98 Å². The lowest BCUT2D eigenvalue weighted by atomic mass is 9.98. The standard InChI is InChI=1S/C17H22N6O/c1-12-2-5-16(21-20-12)19-15-4-3-13-8-23(9-14(13)15)17(24)10-22-7-6-18-11-22/h2,5-7,11,13-15H,3-4,8-10H2,1H3,(H,19,21)/t13-,14+,15-/m1/s1. The van der Waals surface area contributed by atoms with Crippen molar-refractivity contribution >= 4 is 11.7 Å². The van der Waals surface area contributed by atoms with Gasteiger partial charge in [0.05, 0.1) is 12.0 Å². The summed E-state index contributed by atoms with van der Waals surface area (Å²) in [7, 11) is 0. The van der Waals surface area contributed by atoms with Crippen molar-refractivity contribution in [2.24, 2.45) is 11.8 Å². The first kappa shape index (κ1) is 15.1. The van der Waals surface area contributed by atoms with E-state index in [9.17, 15) is 4.79 Å². The number of amides is 1. The number of imidazole rings is 1. The van der Waals surface area contributed by atoms with E-state index in [0.717, 1.165) is 37.4 Å². The van der Waals surface area contributed by atoms with Gasteiger partial charge in [0.15, 0.2) is 0 Å². The van der Waals surface area contributed by atoms with Crippen LogP contribution in [0, 0.1) is 18.8 Å². The molecule has 7 nitrogen and oxygen atoms in total. The molecular formula is C17H22N6O. The molecule has 126 valence electrons. The molecule has 1 N–H and O–H groups in total. The van der Waals surface area contributed by atoms with Crippen molar-refractivity contribution < 1.29 is 4.79 Å². The molecule has 0 aromatic carbocycles. The summed E-state index contributed by atoms with van der Waals surface area (Å²) in [5, 5.41) is 11.8. The number of carbonyl (C=O) groups excluding carboxylic acids is 1. The maximum atomic E-state index is 12.5. The zero-order chi connectivity index (χ0) is 16.5. The molecule has 2 aromatic rings. The summed E-state index contributed by atoms with van der Waals surface area (Å²) in [6.45, 7) is 4.01. The van der Waals surface area contributed by atoms with Crippen LogP contribution >= 0.6 is 0 Å². The molecule has 1 amide bonds.